The average Bonchev–Trinajstić information content (AvgIpc) is 2.46. The standard InChI is InChI=1S/C8H13N3S/c1(8-11-3-4-12-8)2-10-7-5-9-6-7/h3-4,7,9-10H,1-2,5-6H2. The normalized spacial score (nSPS) is 17.7. The highest BCUT2D eigenvalue weighted by Gasteiger charge is 2.14. The third-order valence-electron chi connectivity index (χ3n) is 2.04. The second kappa shape index (κ2) is 3.98. The lowest BCUT2D eigenvalue weighted by Crippen LogP contribution is -2.55. The molecule has 0 aromatic carbocycles. The maximum Gasteiger partial charge on any atom is 0.0937 e. The van der Waals surface area contributed by atoms with Crippen LogP contribution in [0.3, 0.4) is 0 Å². The Bertz CT molecular complexity index is 218. The Morgan fingerprint density at radius 2 is 2.58 bits per heavy atom. The Morgan fingerprint density at radius 1 is 1.67 bits per heavy atom. The highest BCUT2D eigenvalue weighted by Crippen LogP contribution is 2.03. The van der Waals surface area contributed by atoms with Gasteiger partial charge in [0.15, 0.2) is 0 Å². The van der Waals surface area contributed by atoms with Crippen molar-refractivity contribution in [3.8, 4) is 0 Å². The fourth-order valence-electron chi connectivity index (χ4n) is 1.19. The summed E-state index contributed by atoms with van der Waals surface area (Å²) in [6.07, 6.45) is 2.93. The molecular weight excluding hydrogens is 170 g/mol. The van der Waals surface area contributed by atoms with E-state index in [0.29, 0.717) is 6.04 Å². The summed E-state index contributed by atoms with van der Waals surface area (Å²) in [6, 6.07) is 0.699. The summed E-state index contributed by atoms with van der Waals surface area (Å²) < 4.78 is 0. The average molecular weight is 183 g/mol. The third-order valence-corrected chi connectivity index (χ3v) is 2.88. The Labute approximate surface area is 76.2 Å². The molecule has 1 aromatic rings. The van der Waals surface area contributed by atoms with Gasteiger partial charge < -0.3 is 10.6 Å². The van der Waals surface area contributed by atoms with E-state index in [4.69, 9.17) is 0 Å². The van der Waals surface area contributed by atoms with Crippen molar-refractivity contribution in [2.24, 2.45) is 0 Å². The van der Waals surface area contributed by atoms with Gasteiger partial charge in [-0.3, -0.25) is 0 Å². The highest BCUT2D eigenvalue weighted by molar-refractivity contribution is 7.09. The van der Waals surface area contributed by atoms with Crippen LogP contribution in [0.2, 0.25) is 0 Å². The van der Waals surface area contributed by atoms with Crippen molar-refractivity contribution in [1.29, 1.82) is 0 Å². The molecule has 0 radical (unpaired) electrons. The molecule has 2 rings (SSSR count). The Balaban J connectivity index is 1.62. The number of hydrogen-bond acceptors (Lipinski definition) is 4. The summed E-state index contributed by atoms with van der Waals surface area (Å²) in [5.74, 6) is 0. The topological polar surface area (TPSA) is 37.0 Å². The van der Waals surface area contributed by atoms with E-state index < -0.39 is 0 Å². The van der Waals surface area contributed by atoms with Gasteiger partial charge >= 0.3 is 0 Å². The maximum absolute atomic E-state index is 4.22. The predicted molar refractivity (Wildman–Crippen MR) is 50.5 cm³/mol. The molecule has 0 amide bonds. The van der Waals surface area contributed by atoms with Crippen LogP contribution in [0, 0.1) is 0 Å². The monoisotopic (exact) mass is 183 g/mol. The lowest BCUT2D eigenvalue weighted by molar-refractivity contribution is 0.369. The molecule has 0 saturated carbocycles. The van der Waals surface area contributed by atoms with Crippen LogP contribution in [0.4, 0.5) is 0 Å². The number of hydrogen-bond donors (Lipinski definition) is 2. The number of nitrogens with one attached hydrogen (secondary N) is 2. The first-order chi connectivity index (χ1) is 5.95. The van der Waals surface area contributed by atoms with Gasteiger partial charge in [0.2, 0.25) is 0 Å². The Hall–Kier alpha value is -0.450. The second-order valence-electron chi connectivity index (χ2n) is 2.99. The fraction of sp³-hybridized carbons (Fsp3) is 0.625. The minimum absolute atomic E-state index is 0.699. The molecule has 0 atom stereocenters. The molecule has 1 aliphatic rings. The maximum atomic E-state index is 4.22. The van der Waals surface area contributed by atoms with Gasteiger partial charge in [-0.1, -0.05) is 0 Å². The van der Waals surface area contributed by atoms with Crippen molar-refractivity contribution in [2.75, 3.05) is 19.6 Å². The minimum atomic E-state index is 0.699. The molecule has 0 unspecified atom stereocenters. The molecule has 1 saturated heterocycles. The van der Waals surface area contributed by atoms with Crippen molar-refractivity contribution in [3.05, 3.63) is 16.6 Å². The molecule has 4 heteroatoms. The van der Waals surface area contributed by atoms with Gasteiger partial charge in [0.1, 0.15) is 0 Å². The van der Waals surface area contributed by atoms with Crippen LogP contribution < -0.4 is 10.6 Å². The van der Waals surface area contributed by atoms with Crippen LogP contribution in [-0.4, -0.2) is 30.7 Å². The molecule has 1 fully saturated rings. The summed E-state index contributed by atoms with van der Waals surface area (Å²) in [4.78, 5) is 4.22. The number of aromatic nitrogens is 1. The molecule has 66 valence electrons. The smallest absolute Gasteiger partial charge is 0.0937 e. The summed E-state index contributed by atoms with van der Waals surface area (Å²) in [6.45, 7) is 3.30. The van der Waals surface area contributed by atoms with E-state index in [1.807, 2.05) is 11.6 Å². The molecular formula is C8H13N3S. The molecule has 0 bridgehead atoms. The van der Waals surface area contributed by atoms with Crippen LogP contribution in [-0.2, 0) is 6.42 Å². The molecule has 2 N–H and O–H groups in total. The summed E-state index contributed by atoms with van der Waals surface area (Å²) in [5.41, 5.74) is 0. The van der Waals surface area contributed by atoms with Gasteiger partial charge in [-0.15, -0.1) is 11.3 Å². The van der Waals surface area contributed by atoms with Crippen molar-refractivity contribution in [2.45, 2.75) is 12.5 Å². The van der Waals surface area contributed by atoms with Crippen molar-refractivity contribution >= 4 is 11.3 Å². The zero-order valence-corrected chi connectivity index (χ0v) is 7.73. The van der Waals surface area contributed by atoms with Crippen LogP contribution in [0.5, 0.6) is 0 Å². The lowest BCUT2D eigenvalue weighted by Gasteiger charge is -2.27. The van der Waals surface area contributed by atoms with E-state index >= 15 is 0 Å². The first kappa shape index (κ1) is 8.16. The predicted octanol–water partition coefficient (Wildman–Crippen LogP) is 0.247. The number of nitrogens with zero attached hydrogens (tertiary/aromatic N) is 1. The molecule has 0 aliphatic carbocycles. The number of thiazole rings is 1. The van der Waals surface area contributed by atoms with Gasteiger partial charge in [-0.2, -0.15) is 0 Å². The first-order valence-electron chi connectivity index (χ1n) is 4.27. The zero-order chi connectivity index (χ0) is 8.23. The van der Waals surface area contributed by atoms with Gasteiger partial charge in [-0.25, -0.2) is 4.98 Å². The summed E-state index contributed by atoms with van der Waals surface area (Å²) >= 11 is 1.73. The van der Waals surface area contributed by atoms with E-state index in [-0.39, 0.29) is 0 Å². The van der Waals surface area contributed by atoms with Crippen LogP contribution >= 0.6 is 11.3 Å². The molecule has 3 nitrogen and oxygen atoms in total. The fourth-order valence-corrected chi connectivity index (χ4v) is 1.81. The van der Waals surface area contributed by atoms with Crippen LogP contribution in [0.1, 0.15) is 5.01 Å². The van der Waals surface area contributed by atoms with Crippen molar-refractivity contribution < 1.29 is 0 Å². The Morgan fingerprint density at radius 3 is 3.17 bits per heavy atom. The van der Waals surface area contributed by atoms with Crippen LogP contribution in [0.25, 0.3) is 0 Å². The summed E-state index contributed by atoms with van der Waals surface area (Å²) in [5, 5.41) is 9.95. The van der Waals surface area contributed by atoms with Gasteiger partial charge in [0.25, 0.3) is 0 Å². The van der Waals surface area contributed by atoms with E-state index in [9.17, 15) is 0 Å². The van der Waals surface area contributed by atoms with E-state index in [1.54, 1.807) is 11.3 Å². The van der Waals surface area contributed by atoms with Crippen molar-refractivity contribution in [3.63, 3.8) is 0 Å². The molecule has 0 spiro atoms. The molecule has 12 heavy (non-hydrogen) atoms. The van der Waals surface area contributed by atoms with Crippen molar-refractivity contribution in [1.82, 2.24) is 15.6 Å². The molecule has 1 aliphatic heterocycles. The van der Waals surface area contributed by atoms with E-state index in [1.165, 1.54) is 5.01 Å². The highest BCUT2D eigenvalue weighted by atomic mass is 32.1. The van der Waals surface area contributed by atoms with Gasteiger partial charge in [-0.05, 0) is 0 Å². The lowest BCUT2D eigenvalue weighted by atomic mass is 10.2. The van der Waals surface area contributed by atoms with E-state index in [2.05, 4.69) is 15.6 Å². The molecule has 1 aromatic heterocycles. The summed E-state index contributed by atoms with van der Waals surface area (Å²) in [7, 11) is 0. The second-order valence-corrected chi connectivity index (χ2v) is 3.96. The largest absolute Gasteiger partial charge is 0.314 e. The first-order valence-corrected chi connectivity index (χ1v) is 5.15. The quantitative estimate of drug-likeness (QED) is 0.702. The minimum Gasteiger partial charge on any atom is -0.314 e. The third kappa shape index (κ3) is 2.03. The molecule has 2 heterocycles. The zero-order valence-electron chi connectivity index (χ0n) is 6.92. The van der Waals surface area contributed by atoms with Crippen LogP contribution in [0.15, 0.2) is 11.6 Å². The van der Waals surface area contributed by atoms with E-state index in [0.717, 1.165) is 26.1 Å². The van der Waals surface area contributed by atoms with Gasteiger partial charge in [0.05, 0.1) is 5.01 Å². The number of rotatable bonds is 4. The van der Waals surface area contributed by atoms with Gasteiger partial charge in [0, 0.05) is 43.7 Å². The SMILES string of the molecule is c1csc(CCNC2CNC2)n1. The Kier molecular flexibility index (Phi) is 2.71.